The van der Waals surface area contributed by atoms with Crippen molar-refractivity contribution in [3.63, 3.8) is 0 Å². The van der Waals surface area contributed by atoms with E-state index < -0.39 is 11.6 Å². The summed E-state index contributed by atoms with van der Waals surface area (Å²) < 4.78 is 26.3. The van der Waals surface area contributed by atoms with E-state index in [1.807, 2.05) is 30.3 Å². The van der Waals surface area contributed by atoms with E-state index in [4.69, 9.17) is 0 Å². The lowest BCUT2D eigenvalue weighted by molar-refractivity contribution is 0.0949. The molecule has 0 aliphatic heterocycles. The van der Waals surface area contributed by atoms with Crippen LogP contribution >= 0.6 is 0 Å². The molecule has 0 aliphatic carbocycles. The summed E-state index contributed by atoms with van der Waals surface area (Å²) in [4.78, 5) is 16.3. The Morgan fingerprint density at radius 3 is 2.46 bits per heavy atom. The molecule has 4 nitrogen and oxygen atoms in total. The summed E-state index contributed by atoms with van der Waals surface area (Å²) in [6.07, 6.45) is 2.20. The summed E-state index contributed by atoms with van der Waals surface area (Å²) >= 11 is 0. The van der Waals surface area contributed by atoms with Crippen molar-refractivity contribution in [3.8, 4) is 0 Å². The Hall–Kier alpha value is -3.28. The second-order valence-corrected chi connectivity index (χ2v) is 5.68. The summed E-state index contributed by atoms with van der Waals surface area (Å²) in [7, 11) is 0. The zero-order valence-corrected chi connectivity index (χ0v) is 13.9. The van der Waals surface area contributed by atoms with Gasteiger partial charge in [-0.05, 0) is 36.2 Å². The smallest absolute Gasteiger partial charge is 0.269 e. The quantitative estimate of drug-likeness (QED) is 0.702. The number of halogens is 2. The van der Waals surface area contributed by atoms with Gasteiger partial charge >= 0.3 is 0 Å². The predicted octanol–water partition coefficient (Wildman–Crippen LogP) is 4.08. The van der Waals surface area contributed by atoms with Crippen LogP contribution in [0.15, 0.2) is 66.9 Å². The van der Waals surface area contributed by atoms with Gasteiger partial charge in [-0.3, -0.25) is 9.78 Å². The molecule has 0 radical (unpaired) electrons. The Morgan fingerprint density at radius 2 is 1.69 bits per heavy atom. The number of rotatable bonds is 6. The number of carbonyl (C=O) groups excluding carboxylic acids is 1. The molecule has 0 atom stereocenters. The van der Waals surface area contributed by atoms with Gasteiger partial charge in [0.15, 0.2) is 11.6 Å². The van der Waals surface area contributed by atoms with Gasteiger partial charge < -0.3 is 10.6 Å². The van der Waals surface area contributed by atoms with Gasteiger partial charge in [0.1, 0.15) is 5.69 Å². The van der Waals surface area contributed by atoms with E-state index >= 15 is 0 Å². The van der Waals surface area contributed by atoms with Crippen molar-refractivity contribution >= 4 is 17.3 Å². The topological polar surface area (TPSA) is 54.0 Å². The van der Waals surface area contributed by atoms with Crippen LogP contribution in [0.5, 0.6) is 0 Å². The first-order chi connectivity index (χ1) is 12.6. The highest BCUT2D eigenvalue weighted by atomic mass is 19.2. The molecular formula is C20H17F2N3O. The van der Waals surface area contributed by atoms with E-state index in [1.54, 1.807) is 12.1 Å². The van der Waals surface area contributed by atoms with Crippen LogP contribution in [-0.2, 0) is 6.42 Å². The third-order valence-electron chi connectivity index (χ3n) is 3.74. The van der Waals surface area contributed by atoms with Crippen molar-refractivity contribution in [1.82, 2.24) is 10.3 Å². The molecule has 0 bridgehead atoms. The Morgan fingerprint density at radius 1 is 0.923 bits per heavy atom. The molecule has 26 heavy (non-hydrogen) atoms. The van der Waals surface area contributed by atoms with Gasteiger partial charge in [0.05, 0.1) is 0 Å². The minimum Gasteiger partial charge on any atom is -0.355 e. The van der Waals surface area contributed by atoms with Gasteiger partial charge in [-0.15, -0.1) is 0 Å². The monoisotopic (exact) mass is 353 g/mol. The summed E-state index contributed by atoms with van der Waals surface area (Å²) in [5.74, 6) is -2.15. The van der Waals surface area contributed by atoms with Crippen LogP contribution in [0.25, 0.3) is 0 Å². The SMILES string of the molecule is O=C(NCCc1ccccc1)c1cc(Nc2ccc(F)c(F)c2)ccn1. The van der Waals surface area contributed by atoms with Crippen LogP contribution in [0.1, 0.15) is 16.1 Å². The summed E-state index contributed by atoms with van der Waals surface area (Å²) in [5, 5.41) is 5.74. The summed E-state index contributed by atoms with van der Waals surface area (Å²) in [6.45, 7) is 0.491. The van der Waals surface area contributed by atoms with E-state index in [-0.39, 0.29) is 11.6 Å². The average Bonchev–Trinajstić information content (AvgIpc) is 2.66. The number of benzene rings is 2. The van der Waals surface area contributed by atoms with Crippen LogP contribution in [0, 0.1) is 11.6 Å². The van der Waals surface area contributed by atoms with Crippen LogP contribution in [0.2, 0.25) is 0 Å². The largest absolute Gasteiger partial charge is 0.355 e. The maximum Gasteiger partial charge on any atom is 0.269 e. The number of anilines is 2. The van der Waals surface area contributed by atoms with Gasteiger partial charge in [-0.1, -0.05) is 30.3 Å². The van der Waals surface area contributed by atoms with Gasteiger partial charge in [-0.2, -0.15) is 0 Å². The lowest BCUT2D eigenvalue weighted by atomic mass is 10.1. The maximum atomic E-state index is 13.3. The van der Waals surface area contributed by atoms with E-state index in [9.17, 15) is 13.6 Å². The fourth-order valence-electron chi connectivity index (χ4n) is 2.43. The molecule has 1 aromatic heterocycles. The van der Waals surface area contributed by atoms with Crippen LogP contribution in [-0.4, -0.2) is 17.4 Å². The zero-order valence-electron chi connectivity index (χ0n) is 13.9. The second kappa shape index (κ2) is 8.20. The van der Waals surface area contributed by atoms with E-state index in [0.717, 1.165) is 24.1 Å². The molecular weight excluding hydrogens is 336 g/mol. The van der Waals surface area contributed by atoms with Gasteiger partial charge in [0.25, 0.3) is 5.91 Å². The number of pyridine rings is 1. The fraction of sp³-hybridized carbons (Fsp3) is 0.100. The van der Waals surface area contributed by atoms with Crippen LogP contribution in [0.3, 0.4) is 0 Å². The molecule has 2 N–H and O–H groups in total. The number of carbonyl (C=O) groups is 1. The zero-order chi connectivity index (χ0) is 18.4. The molecule has 0 aliphatic rings. The molecule has 6 heteroatoms. The van der Waals surface area contributed by atoms with Crippen molar-refractivity contribution in [2.45, 2.75) is 6.42 Å². The molecule has 3 rings (SSSR count). The number of nitrogens with zero attached hydrogens (tertiary/aromatic N) is 1. The number of nitrogens with one attached hydrogen (secondary N) is 2. The highest BCUT2D eigenvalue weighted by Gasteiger charge is 2.08. The lowest BCUT2D eigenvalue weighted by Crippen LogP contribution is -2.26. The minimum absolute atomic E-state index is 0.241. The second-order valence-electron chi connectivity index (χ2n) is 5.68. The highest BCUT2D eigenvalue weighted by molar-refractivity contribution is 5.93. The van der Waals surface area contributed by atoms with Crippen molar-refractivity contribution in [1.29, 1.82) is 0 Å². The van der Waals surface area contributed by atoms with Crippen LogP contribution < -0.4 is 10.6 Å². The molecule has 1 amide bonds. The van der Waals surface area contributed by atoms with Gasteiger partial charge in [0, 0.05) is 30.2 Å². The Kier molecular flexibility index (Phi) is 5.53. The van der Waals surface area contributed by atoms with E-state index in [1.165, 1.54) is 12.3 Å². The Bertz CT molecular complexity index is 901. The van der Waals surface area contributed by atoms with Crippen molar-refractivity contribution < 1.29 is 13.6 Å². The van der Waals surface area contributed by atoms with Crippen molar-refractivity contribution in [2.75, 3.05) is 11.9 Å². The van der Waals surface area contributed by atoms with Crippen molar-refractivity contribution in [2.24, 2.45) is 0 Å². The Labute approximate surface area is 149 Å². The third-order valence-corrected chi connectivity index (χ3v) is 3.74. The number of amides is 1. The molecule has 0 spiro atoms. The van der Waals surface area contributed by atoms with Gasteiger partial charge in [-0.25, -0.2) is 8.78 Å². The first-order valence-electron chi connectivity index (χ1n) is 8.12. The standard InChI is InChI=1S/C20H17F2N3O/c21-17-7-6-15(12-18(17)22)25-16-9-11-23-19(13-16)20(26)24-10-8-14-4-2-1-3-5-14/h1-7,9,11-13H,8,10H2,(H,23,25)(H,24,26). The summed E-state index contributed by atoms with van der Waals surface area (Å²) in [6, 6.07) is 16.5. The molecule has 0 saturated carbocycles. The summed E-state index contributed by atoms with van der Waals surface area (Å²) in [5.41, 5.74) is 2.31. The van der Waals surface area contributed by atoms with Gasteiger partial charge in [0.2, 0.25) is 0 Å². The van der Waals surface area contributed by atoms with Crippen LogP contribution in [0.4, 0.5) is 20.2 Å². The molecule has 132 valence electrons. The first-order valence-corrected chi connectivity index (χ1v) is 8.12. The first kappa shape index (κ1) is 17.5. The maximum absolute atomic E-state index is 13.3. The molecule has 0 unspecified atom stereocenters. The number of aromatic nitrogens is 1. The lowest BCUT2D eigenvalue weighted by Gasteiger charge is -2.09. The number of hydrogen-bond donors (Lipinski definition) is 2. The average molecular weight is 353 g/mol. The fourth-order valence-corrected chi connectivity index (χ4v) is 2.43. The highest BCUT2D eigenvalue weighted by Crippen LogP contribution is 2.19. The minimum atomic E-state index is -0.942. The third kappa shape index (κ3) is 4.63. The number of hydrogen-bond acceptors (Lipinski definition) is 3. The molecule has 2 aromatic carbocycles. The molecule has 0 saturated heterocycles. The Balaban J connectivity index is 1.60. The van der Waals surface area contributed by atoms with Crippen molar-refractivity contribution in [3.05, 3.63) is 89.8 Å². The van der Waals surface area contributed by atoms with E-state index in [0.29, 0.717) is 17.9 Å². The molecule has 1 heterocycles. The molecule has 3 aromatic rings. The predicted molar refractivity (Wildman–Crippen MR) is 96.4 cm³/mol. The van der Waals surface area contributed by atoms with E-state index in [2.05, 4.69) is 15.6 Å². The molecule has 0 fully saturated rings. The normalized spacial score (nSPS) is 10.4.